The van der Waals surface area contributed by atoms with E-state index >= 15 is 0 Å². The molecule has 0 bridgehead atoms. The van der Waals surface area contributed by atoms with E-state index in [-0.39, 0.29) is 6.61 Å². The molecule has 0 fully saturated rings. The Morgan fingerprint density at radius 1 is 0.879 bits per heavy atom. The Kier molecular flexibility index (Phi) is 5.40. The first kappa shape index (κ1) is 20.6. The van der Waals surface area contributed by atoms with Gasteiger partial charge < -0.3 is 23.6 Å². The highest BCUT2D eigenvalue weighted by Crippen LogP contribution is 2.33. The van der Waals surface area contributed by atoms with Crippen molar-refractivity contribution in [1.29, 1.82) is 0 Å². The summed E-state index contributed by atoms with van der Waals surface area (Å²) in [6.07, 6.45) is 0. The Labute approximate surface area is 190 Å². The molecular formula is C25H22N4O4. The highest BCUT2D eigenvalue weighted by Gasteiger charge is 2.14. The first-order chi connectivity index (χ1) is 16.1. The van der Waals surface area contributed by atoms with Crippen molar-refractivity contribution in [3.8, 4) is 40.1 Å². The summed E-state index contributed by atoms with van der Waals surface area (Å²) in [4.78, 5) is 8.03. The number of methoxy groups -OCH3 is 2. The molecule has 0 aliphatic rings. The molecule has 0 radical (unpaired) electrons. The number of hydrogen-bond acceptors (Lipinski definition) is 7. The Morgan fingerprint density at radius 2 is 1.79 bits per heavy atom. The minimum absolute atomic E-state index is 0.108. The monoisotopic (exact) mass is 442 g/mol. The number of fused-ring (bicyclic) bond motifs is 1. The molecule has 1 N–H and O–H groups in total. The van der Waals surface area contributed by atoms with Crippen LogP contribution in [-0.4, -0.2) is 34.4 Å². The van der Waals surface area contributed by atoms with Gasteiger partial charge in [-0.2, -0.15) is 0 Å². The molecule has 0 aliphatic heterocycles. The van der Waals surface area contributed by atoms with Crippen molar-refractivity contribution in [1.82, 2.24) is 20.2 Å². The zero-order valence-corrected chi connectivity index (χ0v) is 18.5. The lowest BCUT2D eigenvalue weighted by Gasteiger charge is -2.10. The van der Waals surface area contributed by atoms with Crippen molar-refractivity contribution < 1.29 is 18.6 Å². The van der Waals surface area contributed by atoms with Crippen LogP contribution in [0, 0.1) is 6.92 Å². The van der Waals surface area contributed by atoms with Crippen LogP contribution in [0.3, 0.4) is 0 Å². The Morgan fingerprint density at radius 3 is 2.64 bits per heavy atom. The maximum atomic E-state index is 5.90. The second kappa shape index (κ2) is 8.66. The average Bonchev–Trinajstić information content (AvgIpc) is 3.49. The van der Waals surface area contributed by atoms with Gasteiger partial charge in [0.05, 0.1) is 25.3 Å². The van der Waals surface area contributed by atoms with Crippen molar-refractivity contribution in [2.75, 3.05) is 14.2 Å². The molecule has 0 saturated carbocycles. The van der Waals surface area contributed by atoms with Gasteiger partial charge in [-0.3, -0.25) is 0 Å². The number of ether oxygens (including phenoxy) is 3. The van der Waals surface area contributed by atoms with Gasteiger partial charge in [0.15, 0.2) is 18.1 Å². The summed E-state index contributed by atoms with van der Waals surface area (Å²) in [6.45, 7) is 2.16. The predicted octanol–water partition coefficient (Wildman–Crippen LogP) is 5.18. The fraction of sp³-hybridized carbons (Fsp3) is 0.160. The summed E-state index contributed by atoms with van der Waals surface area (Å²) in [5, 5.41) is 8.18. The molecule has 2 aromatic heterocycles. The van der Waals surface area contributed by atoms with E-state index in [9.17, 15) is 0 Å². The molecule has 0 unspecified atom stereocenters. The van der Waals surface area contributed by atoms with Crippen LogP contribution in [0.4, 0.5) is 0 Å². The van der Waals surface area contributed by atoms with Crippen molar-refractivity contribution in [3.05, 3.63) is 72.1 Å². The molecule has 0 spiro atoms. The van der Waals surface area contributed by atoms with Gasteiger partial charge in [0.2, 0.25) is 5.89 Å². The van der Waals surface area contributed by atoms with Crippen LogP contribution in [0.15, 0.2) is 65.1 Å². The molecule has 3 aromatic carbocycles. The second-order valence-electron chi connectivity index (χ2n) is 7.49. The van der Waals surface area contributed by atoms with Crippen LogP contribution in [0.25, 0.3) is 33.9 Å². The number of imidazole rings is 1. The molecule has 0 saturated heterocycles. The lowest BCUT2D eigenvalue weighted by Crippen LogP contribution is -1.98. The third-order valence-electron chi connectivity index (χ3n) is 5.21. The van der Waals surface area contributed by atoms with Crippen LogP contribution < -0.4 is 14.2 Å². The summed E-state index contributed by atoms with van der Waals surface area (Å²) in [7, 11) is 3.21. The number of H-pyrrole nitrogens is 1. The van der Waals surface area contributed by atoms with Crippen LogP contribution in [0.1, 0.15) is 11.5 Å². The van der Waals surface area contributed by atoms with E-state index in [1.807, 2.05) is 54.6 Å². The number of nitrogens with zero attached hydrogens (tertiary/aromatic N) is 3. The molecular weight excluding hydrogens is 420 g/mol. The third-order valence-corrected chi connectivity index (χ3v) is 5.21. The molecule has 0 aliphatic carbocycles. The summed E-state index contributed by atoms with van der Waals surface area (Å²) in [5.41, 5.74) is 4.75. The summed E-state index contributed by atoms with van der Waals surface area (Å²) < 4.78 is 22.4. The van der Waals surface area contributed by atoms with Crippen LogP contribution >= 0.6 is 0 Å². The average molecular weight is 442 g/mol. The van der Waals surface area contributed by atoms with Gasteiger partial charge in [-0.1, -0.05) is 12.1 Å². The molecule has 166 valence electrons. The Balaban J connectivity index is 1.33. The number of aromatic amines is 1. The molecule has 8 nitrogen and oxygen atoms in total. The molecule has 2 heterocycles. The van der Waals surface area contributed by atoms with Crippen LogP contribution in [-0.2, 0) is 6.61 Å². The zero-order valence-electron chi connectivity index (χ0n) is 18.5. The van der Waals surface area contributed by atoms with E-state index in [0.717, 1.165) is 28.0 Å². The molecule has 0 atom stereocenters. The molecule has 5 rings (SSSR count). The number of aryl methyl sites for hydroxylation is 1. The molecule has 5 aromatic rings. The van der Waals surface area contributed by atoms with E-state index in [4.69, 9.17) is 18.6 Å². The second-order valence-corrected chi connectivity index (χ2v) is 7.49. The van der Waals surface area contributed by atoms with Crippen molar-refractivity contribution in [2.24, 2.45) is 0 Å². The standard InChI is InChI=1S/C25H22N4O4/c1-15-7-9-19-20(11-15)27-24(26-19)16-8-10-21(22(13-16)31-3)32-14-23-28-29-25(33-23)17-5-4-6-18(12-17)30-2/h4-13H,14H2,1-3H3,(H,26,27). The number of aromatic nitrogens is 4. The van der Waals surface area contributed by atoms with Crippen LogP contribution in [0.2, 0.25) is 0 Å². The van der Waals surface area contributed by atoms with E-state index < -0.39 is 0 Å². The van der Waals surface area contributed by atoms with Gasteiger partial charge in [-0.05, 0) is 61.0 Å². The predicted molar refractivity (Wildman–Crippen MR) is 123 cm³/mol. The smallest absolute Gasteiger partial charge is 0.254 e. The number of nitrogens with one attached hydrogen (secondary N) is 1. The summed E-state index contributed by atoms with van der Waals surface area (Å²) in [5.74, 6) is 3.38. The molecule has 33 heavy (non-hydrogen) atoms. The first-order valence-corrected chi connectivity index (χ1v) is 10.4. The highest BCUT2D eigenvalue weighted by atomic mass is 16.5. The summed E-state index contributed by atoms with van der Waals surface area (Å²) in [6, 6.07) is 19.2. The topological polar surface area (TPSA) is 95.3 Å². The quantitative estimate of drug-likeness (QED) is 0.371. The fourth-order valence-electron chi connectivity index (χ4n) is 3.52. The lowest BCUT2D eigenvalue weighted by molar-refractivity contribution is 0.251. The van der Waals surface area contributed by atoms with E-state index in [0.29, 0.717) is 29.0 Å². The minimum atomic E-state index is 0.108. The van der Waals surface area contributed by atoms with E-state index in [1.165, 1.54) is 5.56 Å². The summed E-state index contributed by atoms with van der Waals surface area (Å²) >= 11 is 0. The Hall–Kier alpha value is -4.33. The number of hydrogen-bond donors (Lipinski definition) is 1. The maximum absolute atomic E-state index is 5.90. The number of rotatable bonds is 7. The van der Waals surface area contributed by atoms with Gasteiger partial charge in [0.1, 0.15) is 11.6 Å². The van der Waals surface area contributed by atoms with Crippen LogP contribution in [0.5, 0.6) is 17.2 Å². The zero-order chi connectivity index (χ0) is 22.8. The highest BCUT2D eigenvalue weighted by molar-refractivity contribution is 5.80. The fourth-order valence-corrected chi connectivity index (χ4v) is 3.52. The maximum Gasteiger partial charge on any atom is 0.254 e. The van der Waals surface area contributed by atoms with Crippen molar-refractivity contribution in [3.63, 3.8) is 0 Å². The van der Waals surface area contributed by atoms with Gasteiger partial charge in [0.25, 0.3) is 5.89 Å². The number of benzene rings is 3. The minimum Gasteiger partial charge on any atom is -0.497 e. The Bertz CT molecular complexity index is 1420. The lowest BCUT2D eigenvalue weighted by atomic mass is 10.2. The van der Waals surface area contributed by atoms with Crippen molar-refractivity contribution >= 4 is 11.0 Å². The van der Waals surface area contributed by atoms with Gasteiger partial charge in [0, 0.05) is 11.1 Å². The van der Waals surface area contributed by atoms with Gasteiger partial charge in [-0.15, -0.1) is 10.2 Å². The molecule has 8 heteroatoms. The first-order valence-electron chi connectivity index (χ1n) is 10.4. The largest absolute Gasteiger partial charge is 0.497 e. The van der Waals surface area contributed by atoms with E-state index in [1.54, 1.807) is 14.2 Å². The normalized spacial score (nSPS) is 11.0. The SMILES string of the molecule is COc1cccc(-c2nnc(COc3ccc(-c4nc5ccc(C)cc5[nH]4)cc3OC)o2)c1. The third kappa shape index (κ3) is 4.23. The van der Waals surface area contributed by atoms with Gasteiger partial charge >= 0.3 is 0 Å². The van der Waals surface area contributed by atoms with E-state index in [2.05, 4.69) is 33.2 Å². The molecule has 0 amide bonds. The van der Waals surface area contributed by atoms with Gasteiger partial charge in [-0.25, -0.2) is 4.98 Å². The van der Waals surface area contributed by atoms with Crippen molar-refractivity contribution in [2.45, 2.75) is 13.5 Å².